The van der Waals surface area contributed by atoms with Crippen LogP contribution >= 0.6 is 0 Å². The Morgan fingerprint density at radius 3 is 2.76 bits per heavy atom. The summed E-state index contributed by atoms with van der Waals surface area (Å²) in [4.78, 5) is 13.1. The number of rotatable bonds is 8. The Kier molecular flexibility index (Phi) is 7.37. The van der Waals surface area contributed by atoms with Crippen molar-refractivity contribution < 1.29 is 18.7 Å². The molecule has 5 nitrogen and oxygen atoms in total. The normalized spacial score (nSPS) is 10.4. The third-order valence-corrected chi connectivity index (χ3v) is 3.06. The number of hydrogen-bond acceptors (Lipinski definition) is 5. The SMILES string of the molecule is COCCN(CCC(=O)OC)Cc1cccc(C#N)c1F. The van der Waals surface area contributed by atoms with E-state index in [1.54, 1.807) is 19.2 Å². The smallest absolute Gasteiger partial charge is 0.306 e. The lowest BCUT2D eigenvalue weighted by Crippen LogP contribution is -2.30. The summed E-state index contributed by atoms with van der Waals surface area (Å²) in [6.07, 6.45) is 0.222. The van der Waals surface area contributed by atoms with Gasteiger partial charge >= 0.3 is 5.97 Å². The van der Waals surface area contributed by atoms with E-state index in [1.165, 1.54) is 13.2 Å². The summed E-state index contributed by atoms with van der Waals surface area (Å²) in [7, 11) is 2.91. The second kappa shape index (κ2) is 9.06. The molecule has 0 bridgehead atoms. The number of carbonyl (C=O) groups is 1. The lowest BCUT2D eigenvalue weighted by molar-refractivity contribution is -0.141. The van der Waals surface area contributed by atoms with Crippen molar-refractivity contribution in [1.82, 2.24) is 4.90 Å². The molecule has 6 heteroatoms. The summed E-state index contributed by atoms with van der Waals surface area (Å²) in [6.45, 7) is 1.78. The fourth-order valence-corrected chi connectivity index (χ4v) is 1.87. The van der Waals surface area contributed by atoms with Gasteiger partial charge in [-0.15, -0.1) is 0 Å². The average molecular weight is 294 g/mol. The van der Waals surface area contributed by atoms with Crippen molar-refractivity contribution >= 4 is 5.97 Å². The summed E-state index contributed by atoms with van der Waals surface area (Å²) in [5.41, 5.74) is 0.446. The van der Waals surface area contributed by atoms with Gasteiger partial charge in [0.2, 0.25) is 0 Å². The van der Waals surface area contributed by atoms with Gasteiger partial charge in [-0.25, -0.2) is 4.39 Å². The minimum Gasteiger partial charge on any atom is -0.469 e. The molecule has 1 aromatic rings. The molecule has 0 aromatic heterocycles. The molecule has 0 aliphatic carbocycles. The maximum Gasteiger partial charge on any atom is 0.306 e. The molecular formula is C15H19FN2O3. The molecule has 0 saturated heterocycles. The predicted molar refractivity (Wildman–Crippen MR) is 74.9 cm³/mol. The van der Waals surface area contributed by atoms with Crippen LogP contribution in [-0.2, 0) is 20.8 Å². The molecule has 0 atom stereocenters. The highest BCUT2D eigenvalue weighted by molar-refractivity contribution is 5.69. The fourth-order valence-electron chi connectivity index (χ4n) is 1.87. The van der Waals surface area contributed by atoms with Gasteiger partial charge in [0.05, 0.1) is 25.7 Å². The Bertz CT molecular complexity index is 514. The molecule has 0 fully saturated rings. The first kappa shape index (κ1) is 17.1. The van der Waals surface area contributed by atoms with Crippen molar-refractivity contribution in [3.63, 3.8) is 0 Å². The van der Waals surface area contributed by atoms with Gasteiger partial charge in [-0.3, -0.25) is 9.69 Å². The van der Waals surface area contributed by atoms with E-state index in [-0.39, 0.29) is 18.0 Å². The average Bonchev–Trinajstić information content (AvgIpc) is 2.51. The van der Waals surface area contributed by atoms with E-state index in [1.807, 2.05) is 11.0 Å². The molecule has 114 valence electrons. The Labute approximate surface area is 123 Å². The number of methoxy groups -OCH3 is 2. The lowest BCUT2D eigenvalue weighted by Gasteiger charge is -2.21. The van der Waals surface area contributed by atoms with E-state index in [0.717, 1.165) is 0 Å². The molecule has 0 aliphatic heterocycles. The van der Waals surface area contributed by atoms with Crippen LogP contribution in [0.2, 0.25) is 0 Å². The van der Waals surface area contributed by atoms with Gasteiger partial charge in [-0.2, -0.15) is 5.26 Å². The van der Waals surface area contributed by atoms with E-state index in [0.29, 0.717) is 31.8 Å². The summed E-state index contributed by atoms with van der Waals surface area (Å²) < 4.78 is 23.7. The first-order valence-corrected chi connectivity index (χ1v) is 6.58. The van der Waals surface area contributed by atoms with Crippen LogP contribution in [0, 0.1) is 17.1 Å². The van der Waals surface area contributed by atoms with Gasteiger partial charge in [0.1, 0.15) is 11.9 Å². The quantitative estimate of drug-likeness (QED) is 0.683. The highest BCUT2D eigenvalue weighted by atomic mass is 19.1. The van der Waals surface area contributed by atoms with Gasteiger partial charge in [-0.05, 0) is 6.07 Å². The zero-order chi connectivity index (χ0) is 15.7. The van der Waals surface area contributed by atoms with Crippen molar-refractivity contribution in [2.75, 3.05) is 33.9 Å². The first-order chi connectivity index (χ1) is 10.1. The summed E-state index contributed by atoms with van der Waals surface area (Å²) >= 11 is 0. The van der Waals surface area contributed by atoms with Crippen molar-refractivity contribution in [3.8, 4) is 6.07 Å². The molecule has 0 unspecified atom stereocenters. The predicted octanol–water partition coefficient (Wildman–Crippen LogP) is 1.71. The Morgan fingerprint density at radius 1 is 1.38 bits per heavy atom. The van der Waals surface area contributed by atoms with Crippen LogP contribution in [0.25, 0.3) is 0 Å². The molecule has 0 radical (unpaired) electrons. The van der Waals surface area contributed by atoms with Crippen molar-refractivity contribution in [1.29, 1.82) is 5.26 Å². The minimum absolute atomic E-state index is 0.0205. The molecule has 0 N–H and O–H groups in total. The number of nitrogens with zero attached hydrogens (tertiary/aromatic N) is 2. The maximum absolute atomic E-state index is 14.0. The Balaban J connectivity index is 2.76. The lowest BCUT2D eigenvalue weighted by atomic mass is 10.1. The monoisotopic (exact) mass is 294 g/mol. The fraction of sp³-hybridized carbons (Fsp3) is 0.467. The van der Waals surface area contributed by atoms with E-state index in [4.69, 9.17) is 10.00 Å². The Hall–Kier alpha value is -1.97. The number of halogens is 1. The maximum atomic E-state index is 14.0. The molecule has 1 aromatic carbocycles. The van der Waals surface area contributed by atoms with Crippen LogP contribution in [0.5, 0.6) is 0 Å². The molecule has 21 heavy (non-hydrogen) atoms. The van der Waals surface area contributed by atoms with Gasteiger partial charge < -0.3 is 9.47 Å². The number of esters is 1. The van der Waals surface area contributed by atoms with Crippen LogP contribution in [0.4, 0.5) is 4.39 Å². The van der Waals surface area contributed by atoms with Crippen LogP contribution in [0.3, 0.4) is 0 Å². The molecule has 0 saturated carbocycles. The largest absolute Gasteiger partial charge is 0.469 e. The first-order valence-electron chi connectivity index (χ1n) is 6.58. The van der Waals surface area contributed by atoms with Crippen LogP contribution < -0.4 is 0 Å². The molecule has 0 aliphatic rings. The van der Waals surface area contributed by atoms with Gasteiger partial charge in [0.15, 0.2) is 0 Å². The molecule has 0 heterocycles. The molecule has 0 spiro atoms. The zero-order valence-electron chi connectivity index (χ0n) is 12.3. The standard InChI is InChI=1S/C15H19FN2O3/c1-20-9-8-18(7-6-14(19)21-2)11-13-5-3-4-12(10-17)15(13)16/h3-5H,6-9,11H2,1-2H3. The second-order valence-electron chi connectivity index (χ2n) is 4.49. The number of hydrogen-bond donors (Lipinski definition) is 0. The highest BCUT2D eigenvalue weighted by Crippen LogP contribution is 2.14. The number of nitriles is 1. The number of ether oxygens (including phenoxy) is 2. The Morgan fingerprint density at radius 2 is 2.14 bits per heavy atom. The summed E-state index contributed by atoms with van der Waals surface area (Å²) in [5.74, 6) is -0.829. The van der Waals surface area contributed by atoms with E-state index in [9.17, 15) is 9.18 Å². The molecule has 1 rings (SSSR count). The number of benzene rings is 1. The third-order valence-electron chi connectivity index (χ3n) is 3.06. The highest BCUT2D eigenvalue weighted by Gasteiger charge is 2.13. The third kappa shape index (κ3) is 5.50. The van der Waals surface area contributed by atoms with Crippen molar-refractivity contribution in [2.45, 2.75) is 13.0 Å². The van der Waals surface area contributed by atoms with E-state index >= 15 is 0 Å². The van der Waals surface area contributed by atoms with E-state index in [2.05, 4.69) is 4.74 Å². The van der Waals surface area contributed by atoms with Crippen LogP contribution in [0.15, 0.2) is 18.2 Å². The van der Waals surface area contributed by atoms with Gasteiger partial charge in [0.25, 0.3) is 0 Å². The van der Waals surface area contributed by atoms with Crippen LogP contribution in [0.1, 0.15) is 17.5 Å². The summed E-state index contributed by atoms with van der Waals surface area (Å²) in [6, 6.07) is 6.53. The van der Waals surface area contributed by atoms with Crippen molar-refractivity contribution in [3.05, 3.63) is 35.1 Å². The van der Waals surface area contributed by atoms with Gasteiger partial charge in [0, 0.05) is 32.3 Å². The van der Waals surface area contributed by atoms with Crippen LogP contribution in [-0.4, -0.2) is 44.8 Å². The second-order valence-corrected chi connectivity index (χ2v) is 4.49. The zero-order valence-corrected chi connectivity index (χ0v) is 12.3. The minimum atomic E-state index is -0.513. The number of carbonyl (C=O) groups excluding carboxylic acids is 1. The van der Waals surface area contributed by atoms with Crippen molar-refractivity contribution in [2.24, 2.45) is 0 Å². The molecular weight excluding hydrogens is 275 g/mol. The topological polar surface area (TPSA) is 62.6 Å². The van der Waals surface area contributed by atoms with Gasteiger partial charge in [-0.1, -0.05) is 12.1 Å². The van der Waals surface area contributed by atoms with E-state index < -0.39 is 5.82 Å². The molecule has 0 amide bonds. The summed E-state index contributed by atoms with van der Waals surface area (Å²) in [5, 5.41) is 8.84.